The molecular formula is C23H26N2O6. The number of anilines is 1. The molecule has 0 aliphatic rings. The fourth-order valence-electron chi connectivity index (χ4n) is 2.88. The van der Waals surface area contributed by atoms with Crippen LogP contribution in [0.2, 0.25) is 0 Å². The van der Waals surface area contributed by atoms with Gasteiger partial charge in [0.25, 0.3) is 5.91 Å². The number of phenols is 1. The summed E-state index contributed by atoms with van der Waals surface area (Å²) in [6, 6.07) is 13.8. The first-order chi connectivity index (χ1) is 15.0. The van der Waals surface area contributed by atoms with Crippen molar-refractivity contribution >= 4 is 17.6 Å². The highest BCUT2D eigenvalue weighted by atomic mass is 16.5. The van der Waals surface area contributed by atoms with E-state index in [1.54, 1.807) is 36.4 Å². The number of hydrogen-bond donors (Lipinski definition) is 1. The summed E-state index contributed by atoms with van der Waals surface area (Å²) in [5.74, 6) is 0.0658. The molecule has 1 amide bonds. The van der Waals surface area contributed by atoms with E-state index in [1.807, 2.05) is 13.0 Å². The molecule has 0 atom stereocenters. The van der Waals surface area contributed by atoms with Crippen molar-refractivity contribution in [1.29, 1.82) is 5.26 Å². The van der Waals surface area contributed by atoms with Crippen molar-refractivity contribution in [2.75, 3.05) is 31.8 Å². The smallest absolute Gasteiger partial charge is 0.306 e. The summed E-state index contributed by atoms with van der Waals surface area (Å²) in [5.41, 5.74) is 1.33. The van der Waals surface area contributed by atoms with Gasteiger partial charge in [-0.2, -0.15) is 5.26 Å². The predicted molar refractivity (Wildman–Crippen MR) is 114 cm³/mol. The van der Waals surface area contributed by atoms with E-state index in [0.29, 0.717) is 30.2 Å². The van der Waals surface area contributed by atoms with Crippen LogP contribution in [0, 0.1) is 11.3 Å². The second-order valence-electron chi connectivity index (χ2n) is 6.55. The third-order valence-electron chi connectivity index (χ3n) is 4.43. The molecule has 164 valence electrons. The molecule has 0 spiro atoms. The molecule has 8 nitrogen and oxygen atoms in total. The van der Waals surface area contributed by atoms with Gasteiger partial charge < -0.3 is 24.2 Å². The van der Waals surface area contributed by atoms with Gasteiger partial charge in [-0.05, 0) is 55.3 Å². The standard InChI is InChI=1S/C23H26N2O6/c1-3-30-19-9-7-18(8-10-19)25(14-4-13-24)22(27)16-31-23(28)12-6-17-5-11-21(29-2)20(26)15-17/h5,7-11,15,26H,3-4,6,12,14,16H2,1-2H3. The van der Waals surface area contributed by atoms with E-state index in [2.05, 4.69) is 0 Å². The van der Waals surface area contributed by atoms with Crippen molar-refractivity contribution in [2.45, 2.75) is 26.2 Å². The quantitative estimate of drug-likeness (QED) is 0.550. The molecule has 2 aromatic rings. The number of ether oxygens (including phenoxy) is 3. The Hall–Kier alpha value is -3.73. The van der Waals surface area contributed by atoms with Gasteiger partial charge in [-0.25, -0.2) is 0 Å². The first kappa shape index (κ1) is 23.5. The minimum Gasteiger partial charge on any atom is -0.504 e. The number of nitrogens with zero attached hydrogens (tertiary/aromatic N) is 2. The van der Waals surface area contributed by atoms with Crippen molar-refractivity contribution in [3.8, 4) is 23.3 Å². The van der Waals surface area contributed by atoms with Crippen LogP contribution in [-0.4, -0.2) is 43.9 Å². The SMILES string of the molecule is CCOc1ccc(N(CCC#N)C(=O)COC(=O)CCc2ccc(OC)c(O)c2)cc1. The Kier molecular flexibility index (Phi) is 9.17. The van der Waals surface area contributed by atoms with Gasteiger partial charge in [-0.1, -0.05) is 6.07 Å². The minimum atomic E-state index is -0.532. The van der Waals surface area contributed by atoms with Crippen molar-refractivity contribution in [1.82, 2.24) is 0 Å². The van der Waals surface area contributed by atoms with Crippen LogP contribution in [0.5, 0.6) is 17.2 Å². The second-order valence-corrected chi connectivity index (χ2v) is 6.55. The first-order valence-electron chi connectivity index (χ1n) is 9.90. The van der Waals surface area contributed by atoms with Gasteiger partial charge in [-0.15, -0.1) is 0 Å². The highest BCUT2D eigenvalue weighted by molar-refractivity contribution is 5.95. The fourth-order valence-corrected chi connectivity index (χ4v) is 2.88. The molecule has 2 rings (SSSR count). The van der Waals surface area contributed by atoms with Crippen molar-refractivity contribution in [2.24, 2.45) is 0 Å². The van der Waals surface area contributed by atoms with Gasteiger partial charge in [0.05, 0.1) is 26.2 Å². The number of aromatic hydroxyl groups is 1. The number of aryl methyl sites for hydroxylation is 1. The number of esters is 1. The summed E-state index contributed by atoms with van der Waals surface area (Å²) >= 11 is 0. The molecule has 0 aliphatic heterocycles. The number of rotatable bonds is 11. The monoisotopic (exact) mass is 426 g/mol. The van der Waals surface area contributed by atoms with E-state index in [1.165, 1.54) is 18.1 Å². The molecule has 8 heteroatoms. The van der Waals surface area contributed by atoms with Gasteiger partial charge in [0.15, 0.2) is 18.1 Å². The Morgan fingerprint density at radius 1 is 1.16 bits per heavy atom. The zero-order valence-corrected chi connectivity index (χ0v) is 17.7. The summed E-state index contributed by atoms with van der Waals surface area (Å²) in [6.45, 7) is 2.17. The number of benzene rings is 2. The third kappa shape index (κ3) is 7.23. The van der Waals surface area contributed by atoms with Gasteiger partial charge in [0, 0.05) is 18.7 Å². The number of carbonyl (C=O) groups is 2. The Labute approximate surface area is 181 Å². The molecule has 0 aliphatic carbocycles. The van der Waals surface area contributed by atoms with Gasteiger partial charge in [0.1, 0.15) is 5.75 Å². The number of amides is 1. The zero-order valence-electron chi connectivity index (χ0n) is 17.7. The molecule has 0 saturated heterocycles. The van der Waals surface area contributed by atoms with E-state index in [9.17, 15) is 14.7 Å². The molecular weight excluding hydrogens is 400 g/mol. The lowest BCUT2D eigenvalue weighted by molar-refractivity contribution is -0.147. The lowest BCUT2D eigenvalue weighted by Crippen LogP contribution is -2.35. The second kappa shape index (κ2) is 12.1. The first-order valence-corrected chi connectivity index (χ1v) is 9.90. The van der Waals surface area contributed by atoms with Crippen molar-refractivity contribution < 1.29 is 28.9 Å². The van der Waals surface area contributed by atoms with Crippen LogP contribution >= 0.6 is 0 Å². The molecule has 2 aromatic carbocycles. The van der Waals surface area contributed by atoms with E-state index >= 15 is 0 Å². The number of phenolic OH excluding ortho intramolecular Hbond substituents is 1. The molecule has 0 radical (unpaired) electrons. The topological polar surface area (TPSA) is 109 Å². The summed E-state index contributed by atoms with van der Waals surface area (Å²) in [4.78, 5) is 26.1. The van der Waals surface area contributed by atoms with Crippen LogP contribution in [0.25, 0.3) is 0 Å². The molecule has 0 heterocycles. The summed E-state index contributed by atoms with van der Waals surface area (Å²) in [7, 11) is 1.45. The van der Waals surface area contributed by atoms with Crippen LogP contribution in [0.4, 0.5) is 5.69 Å². The highest BCUT2D eigenvalue weighted by Crippen LogP contribution is 2.26. The lowest BCUT2D eigenvalue weighted by Gasteiger charge is -2.22. The molecule has 0 fully saturated rings. The van der Waals surface area contributed by atoms with E-state index < -0.39 is 18.5 Å². The molecule has 0 saturated carbocycles. The largest absolute Gasteiger partial charge is 0.504 e. The lowest BCUT2D eigenvalue weighted by atomic mass is 10.1. The Morgan fingerprint density at radius 2 is 1.90 bits per heavy atom. The average molecular weight is 426 g/mol. The maximum absolute atomic E-state index is 12.6. The zero-order chi connectivity index (χ0) is 22.6. The van der Waals surface area contributed by atoms with Crippen LogP contribution in [0.1, 0.15) is 25.3 Å². The predicted octanol–water partition coefficient (Wildman–Crippen LogP) is 3.22. The molecule has 0 bridgehead atoms. The summed E-state index contributed by atoms with van der Waals surface area (Å²) < 4.78 is 15.5. The third-order valence-corrected chi connectivity index (χ3v) is 4.43. The van der Waals surface area contributed by atoms with E-state index in [-0.39, 0.29) is 25.1 Å². The number of hydrogen-bond acceptors (Lipinski definition) is 7. The molecule has 0 aromatic heterocycles. The summed E-state index contributed by atoms with van der Waals surface area (Å²) in [5, 5.41) is 18.7. The highest BCUT2D eigenvalue weighted by Gasteiger charge is 2.18. The number of nitriles is 1. The summed E-state index contributed by atoms with van der Waals surface area (Å²) in [6.07, 6.45) is 0.551. The Balaban J connectivity index is 1.91. The van der Waals surface area contributed by atoms with Crippen LogP contribution in [0.15, 0.2) is 42.5 Å². The maximum Gasteiger partial charge on any atom is 0.306 e. The fraction of sp³-hybridized carbons (Fsp3) is 0.348. The van der Waals surface area contributed by atoms with Crippen LogP contribution < -0.4 is 14.4 Å². The van der Waals surface area contributed by atoms with Crippen molar-refractivity contribution in [3.63, 3.8) is 0 Å². The molecule has 31 heavy (non-hydrogen) atoms. The number of carbonyl (C=O) groups excluding carboxylic acids is 2. The Morgan fingerprint density at radius 3 is 2.52 bits per heavy atom. The molecule has 0 unspecified atom stereocenters. The molecule has 1 N–H and O–H groups in total. The average Bonchev–Trinajstić information content (AvgIpc) is 2.77. The minimum absolute atomic E-state index is 0.00737. The Bertz CT molecular complexity index is 921. The maximum atomic E-state index is 12.6. The van der Waals surface area contributed by atoms with Gasteiger partial charge in [-0.3, -0.25) is 9.59 Å². The van der Waals surface area contributed by atoms with E-state index in [4.69, 9.17) is 19.5 Å². The van der Waals surface area contributed by atoms with Crippen LogP contribution in [-0.2, 0) is 20.7 Å². The van der Waals surface area contributed by atoms with Gasteiger partial charge in [0.2, 0.25) is 0 Å². The number of methoxy groups -OCH3 is 1. The van der Waals surface area contributed by atoms with Crippen LogP contribution in [0.3, 0.4) is 0 Å². The van der Waals surface area contributed by atoms with Gasteiger partial charge >= 0.3 is 5.97 Å². The normalized spacial score (nSPS) is 10.1. The van der Waals surface area contributed by atoms with E-state index in [0.717, 1.165) is 5.56 Å². The van der Waals surface area contributed by atoms with Crippen molar-refractivity contribution in [3.05, 3.63) is 48.0 Å².